The van der Waals surface area contributed by atoms with E-state index < -0.39 is 5.97 Å². The Balaban J connectivity index is 2.18. The quantitative estimate of drug-likeness (QED) is 0.922. The first-order valence-corrected chi connectivity index (χ1v) is 6.07. The van der Waals surface area contributed by atoms with Crippen LogP contribution in [0.2, 0.25) is 0 Å². The topological polar surface area (TPSA) is 70.5 Å². The Kier molecular flexibility index (Phi) is 4.10. The molecule has 20 heavy (non-hydrogen) atoms. The van der Waals surface area contributed by atoms with Crippen LogP contribution in [-0.4, -0.2) is 29.0 Å². The number of aromatic carboxylic acids is 1. The molecular weight excluding hydrogens is 256 g/mol. The molecule has 0 saturated heterocycles. The number of hydrogen-bond acceptors (Lipinski definition) is 3. The number of aromatic nitrogens is 1. The van der Waals surface area contributed by atoms with Crippen molar-refractivity contribution in [3.05, 3.63) is 59.9 Å². The number of benzene rings is 1. The minimum absolute atomic E-state index is 0.0356. The summed E-state index contributed by atoms with van der Waals surface area (Å²) in [6.45, 7) is 0. The van der Waals surface area contributed by atoms with Crippen LogP contribution in [0, 0.1) is 0 Å². The van der Waals surface area contributed by atoms with E-state index in [0.29, 0.717) is 11.3 Å². The molecule has 0 bridgehead atoms. The molecule has 2 rings (SSSR count). The lowest BCUT2D eigenvalue weighted by molar-refractivity contribution is -0.117. The van der Waals surface area contributed by atoms with Gasteiger partial charge in [-0.1, -0.05) is 18.2 Å². The van der Waals surface area contributed by atoms with Crippen molar-refractivity contribution >= 4 is 17.6 Å². The molecule has 0 spiro atoms. The van der Waals surface area contributed by atoms with E-state index in [2.05, 4.69) is 4.98 Å². The lowest BCUT2D eigenvalue weighted by Gasteiger charge is -2.17. The largest absolute Gasteiger partial charge is 0.478 e. The minimum Gasteiger partial charge on any atom is -0.478 e. The molecular formula is C15H14N2O3. The summed E-state index contributed by atoms with van der Waals surface area (Å²) in [7, 11) is 1.64. The normalized spacial score (nSPS) is 10.1. The first-order valence-electron chi connectivity index (χ1n) is 6.07. The lowest BCUT2D eigenvalue weighted by Crippen LogP contribution is -2.28. The zero-order valence-corrected chi connectivity index (χ0v) is 11.0. The summed E-state index contributed by atoms with van der Waals surface area (Å²) in [5, 5.41) is 9.10. The molecule has 5 heteroatoms. The molecule has 1 amide bonds. The smallest absolute Gasteiger partial charge is 0.335 e. The molecule has 0 aliphatic carbocycles. The van der Waals surface area contributed by atoms with Gasteiger partial charge in [0.1, 0.15) is 0 Å². The number of amides is 1. The second-order valence-corrected chi connectivity index (χ2v) is 4.30. The fourth-order valence-electron chi connectivity index (χ4n) is 1.86. The Morgan fingerprint density at radius 3 is 2.60 bits per heavy atom. The monoisotopic (exact) mass is 270 g/mol. The summed E-state index contributed by atoms with van der Waals surface area (Å²) < 4.78 is 0. The van der Waals surface area contributed by atoms with Crippen molar-refractivity contribution in [1.82, 2.24) is 4.98 Å². The van der Waals surface area contributed by atoms with Crippen LogP contribution in [-0.2, 0) is 11.2 Å². The Morgan fingerprint density at radius 1 is 1.20 bits per heavy atom. The Bertz CT molecular complexity index is 626. The van der Waals surface area contributed by atoms with Crippen LogP contribution in [0.5, 0.6) is 0 Å². The molecule has 1 N–H and O–H groups in total. The molecule has 0 atom stereocenters. The van der Waals surface area contributed by atoms with Crippen molar-refractivity contribution in [2.75, 3.05) is 11.9 Å². The average Bonchev–Trinajstić information content (AvgIpc) is 2.47. The maximum atomic E-state index is 12.2. The molecule has 2 aromatic rings. The van der Waals surface area contributed by atoms with Gasteiger partial charge in [0, 0.05) is 13.2 Å². The van der Waals surface area contributed by atoms with Gasteiger partial charge in [-0.05, 0) is 23.8 Å². The zero-order chi connectivity index (χ0) is 14.5. The standard InChI is InChI=1S/C15H14N2O3/c1-17(12-6-4-8-16-10-12)14(18)9-11-5-2-3-7-13(11)15(19)20/h2-8,10H,9H2,1H3,(H,19,20). The Hall–Kier alpha value is -2.69. The van der Waals surface area contributed by atoms with E-state index in [1.165, 1.54) is 11.0 Å². The van der Waals surface area contributed by atoms with Crippen molar-refractivity contribution < 1.29 is 14.7 Å². The fourth-order valence-corrected chi connectivity index (χ4v) is 1.86. The van der Waals surface area contributed by atoms with Gasteiger partial charge in [0.05, 0.1) is 23.9 Å². The number of carbonyl (C=O) groups excluding carboxylic acids is 1. The van der Waals surface area contributed by atoms with Gasteiger partial charge in [-0.15, -0.1) is 0 Å². The molecule has 0 saturated carbocycles. The van der Waals surface area contributed by atoms with E-state index in [4.69, 9.17) is 5.11 Å². The molecule has 1 aromatic heterocycles. The van der Waals surface area contributed by atoms with E-state index in [9.17, 15) is 9.59 Å². The Labute approximate surface area is 116 Å². The molecule has 1 heterocycles. The van der Waals surface area contributed by atoms with E-state index >= 15 is 0 Å². The molecule has 0 aliphatic heterocycles. The molecule has 0 aliphatic rings. The zero-order valence-electron chi connectivity index (χ0n) is 11.0. The van der Waals surface area contributed by atoms with Gasteiger partial charge in [-0.2, -0.15) is 0 Å². The maximum Gasteiger partial charge on any atom is 0.335 e. The van der Waals surface area contributed by atoms with Gasteiger partial charge in [-0.3, -0.25) is 9.78 Å². The highest BCUT2D eigenvalue weighted by Gasteiger charge is 2.16. The van der Waals surface area contributed by atoms with E-state index in [1.54, 1.807) is 49.8 Å². The van der Waals surface area contributed by atoms with Gasteiger partial charge in [0.25, 0.3) is 0 Å². The maximum absolute atomic E-state index is 12.2. The summed E-state index contributed by atoms with van der Waals surface area (Å²) in [5.41, 5.74) is 1.33. The highest BCUT2D eigenvalue weighted by molar-refractivity contribution is 5.97. The number of pyridine rings is 1. The fraction of sp³-hybridized carbons (Fsp3) is 0.133. The molecule has 0 radical (unpaired) electrons. The number of likely N-dealkylation sites (N-methyl/N-ethyl adjacent to an activating group) is 1. The van der Waals surface area contributed by atoms with Gasteiger partial charge in [0.2, 0.25) is 5.91 Å². The van der Waals surface area contributed by atoms with Crippen LogP contribution in [0.15, 0.2) is 48.8 Å². The number of anilines is 1. The molecule has 1 aromatic carbocycles. The summed E-state index contributed by atoms with van der Waals surface area (Å²) in [6.07, 6.45) is 3.25. The Morgan fingerprint density at radius 2 is 1.95 bits per heavy atom. The van der Waals surface area contributed by atoms with Gasteiger partial charge >= 0.3 is 5.97 Å². The summed E-state index contributed by atoms with van der Waals surface area (Å²) in [6, 6.07) is 10.0. The van der Waals surface area contributed by atoms with Crippen LogP contribution in [0.25, 0.3) is 0 Å². The first kappa shape index (κ1) is 13.7. The summed E-state index contributed by atoms with van der Waals surface area (Å²) >= 11 is 0. The number of hydrogen-bond donors (Lipinski definition) is 1. The predicted molar refractivity (Wildman–Crippen MR) is 74.8 cm³/mol. The number of carboxylic acid groups (broad SMARTS) is 1. The minimum atomic E-state index is -1.03. The van der Waals surface area contributed by atoms with Crippen molar-refractivity contribution in [3.8, 4) is 0 Å². The van der Waals surface area contributed by atoms with E-state index in [0.717, 1.165) is 0 Å². The second-order valence-electron chi connectivity index (χ2n) is 4.30. The van der Waals surface area contributed by atoms with Crippen LogP contribution >= 0.6 is 0 Å². The van der Waals surface area contributed by atoms with E-state index in [-0.39, 0.29) is 17.9 Å². The molecule has 0 unspecified atom stereocenters. The molecule has 102 valence electrons. The van der Waals surface area contributed by atoms with E-state index in [1.807, 2.05) is 0 Å². The number of carbonyl (C=O) groups is 2. The molecule has 0 fully saturated rings. The van der Waals surface area contributed by atoms with Gasteiger partial charge in [0.15, 0.2) is 0 Å². The number of carboxylic acids is 1. The first-order chi connectivity index (χ1) is 9.59. The van der Waals surface area contributed by atoms with Crippen molar-refractivity contribution in [2.24, 2.45) is 0 Å². The van der Waals surface area contributed by atoms with Crippen LogP contribution in [0.3, 0.4) is 0 Å². The summed E-state index contributed by atoms with van der Waals surface area (Å²) in [4.78, 5) is 28.7. The van der Waals surface area contributed by atoms with Crippen LogP contribution < -0.4 is 4.90 Å². The van der Waals surface area contributed by atoms with Crippen molar-refractivity contribution in [3.63, 3.8) is 0 Å². The second kappa shape index (κ2) is 5.97. The third-order valence-electron chi connectivity index (χ3n) is 3.00. The third-order valence-corrected chi connectivity index (χ3v) is 3.00. The SMILES string of the molecule is CN(C(=O)Cc1ccccc1C(=O)O)c1cccnc1. The predicted octanol–water partition coefficient (Wildman–Crippen LogP) is 1.99. The summed E-state index contributed by atoms with van der Waals surface area (Å²) in [5.74, 6) is -1.22. The average molecular weight is 270 g/mol. The lowest BCUT2D eigenvalue weighted by atomic mass is 10.0. The van der Waals surface area contributed by atoms with Crippen molar-refractivity contribution in [2.45, 2.75) is 6.42 Å². The van der Waals surface area contributed by atoms with Gasteiger partial charge in [-0.25, -0.2) is 4.79 Å². The highest BCUT2D eigenvalue weighted by Crippen LogP contribution is 2.14. The van der Waals surface area contributed by atoms with Crippen LogP contribution in [0.4, 0.5) is 5.69 Å². The number of rotatable bonds is 4. The van der Waals surface area contributed by atoms with Crippen molar-refractivity contribution in [1.29, 1.82) is 0 Å². The third kappa shape index (κ3) is 3.00. The van der Waals surface area contributed by atoms with Gasteiger partial charge < -0.3 is 10.0 Å². The highest BCUT2D eigenvalue weighted by atomic mass is 16.4. The number of nitrogens with zero attached hydrogens (tertiary/aromatic N) is 2. The van der Waals surface area contributed by atoms with Crippen LogP contribution in [0.1, 0.15) is 15.9 Å². The molecule has 5 nitrogen and oxygen atoms in total.